The van der Waals surface area contributed by atoms with E-state index in [0.717, 1.165) is 17.6 Å². The quantitative estimate of drug-likeness (QED) is 0.597. The van der Waals surface area contributed by atoms with Gasteiger partial charge in [-0.3, -0.25) is 0 Å². The highest BCUT2D eigenvalue weighted by molar-refractivity contribution is 5.38. The van der Waals surface area contributed by atoms with E-state index in [-0.39, 0.29) is 5.75 Å². The zero-order chi connectivity index (χ0) is 12.0. The number of phenols is 1. The van der Waals surface area contributed by atoms with Crippen molar-refractivity contribution in [3.63, 3.8) is 0 Å². The summed E-state index contributed by atoms with van der Waals surface area (Å²) < 4.78 is 0. The van der Waals surface area contributed by atoms with Gasteiger partial charge in [-0.1, -0.05) is 37.3 Å². The van der Waals surface area contributed by atoms with E-state index in [1.165, 1.54) is 0 Å². The summed E-state index contributed by atoms with van der Waals surface area (Å²) in [4.78, 5) is 0. The first kappa shape index (κ1) is 12.4. The number of aliphatic hydroxyl groups excluding tert-OH is 1. The Morgan fingerprint density at radius 1 is 1.31 bits per heavy atom. The summed E-state index contributed by atoms with van der Waals surface area (Å²) in [6, 6.07) is 7.18. The fraction of sp³-hybridized carbons (Fsp3) is 0.286. The topological polar surface area (TPSA) is 40.5 Å². The molecule has 0 aromatic heterocycles. The van der Waals surface area contributed by atoms with E-state index >= 15 is 0 Å². The standard InChI is InChI=1S/C14H18O2/c1-3-4-7-12(11(2)15)10-13-8-5-6-9-14(13)16/h4-9,15-16H,3,10H2,1-2H3/b7-4-,12-11-. The SMILES string of the molecule is CC/C=C\C(Cc1ccccc1O)=C(/C)O. The van der Waals surface area contributed by atoms with Gasteiger partial charge in [-0.2, -0.15) is 0 Å². The van der Waals surface area contributed by atoms with Crippen LogP contribution >= 0.6 is 0 Å². The average Bonchev–Trinajstić information content (AvgIpc) is 2.26. The smallest absolute Gasteiger partial charge is 0.119 e. The molecule has 0 heterocycles. The summed E-state index contributed by atoms with van der Waals surface area (Å²) in [5, 5.41) is 19.2. The molecule has 0 aliphatic heterocycles. The van der Waals surface area contributed by atoms with Gasteiger partial charge in [-0.25, -0.2) is 0 Å². The summed E-state index contributed by atoms with van der Waals surface area (Å²) in [6.45, 7) is 3.70. The first-order chi connectivity index (χ1) is 7.65. The minimum atomic E-state index is 0.270. The fourth-order valence-electron chi connectivity index (χ4n) is 1.43. The maximum absolute atomic E-state index is 9.64. The predicted molar refractivity (Wildman–Crippen MR) is 66.6 cm³/mol. The van der Waals surface area contributed by atoms with Crippen LogP contribution in [0.25, 0.3) is 0 Å². The summed E-state index contributed by atoms with van der Waals surface area (Å²) >= 11 is 0. The molecule has 1 rings (SSSR count). The second kappa shape index (κ2) is 6.01. The van der Waals surface area contributed by atoms with Crippen molar-refractivity contribution in [3.8, 4) is 5.75 Å². The molecule has 2 nitrogen and oxygen atoms in total. The highest BCUT2D eigenvalue weighted by atomic mass is 16.3. The molecule has 2 N–H and O–H groups in total. The maximum Gasteiger partial charge on any atom is 0.119 e. The summed E-state index contributed by atoms with van der Waals surface area (Å²) in [7, 11) is 0. The number of hydrogen-bond donors (Lipinski definition) is 2. The maximum atomic E-state index is 9.64. The lowest BCUT2D eigenvalue weighted by atomic mass is 10.0. The molecule has 0 atom stereocenters. The number of allylic oxidation sites excluding steroid dienone is 4. The van der Waals surface area contributed by atoms with Crippen molar-refractivity contribution in [1.82, 2.24) is 0 Å². The van der Waals surface area contributed by atoms with Gasteiger partial charge in [0.2, 0.25) is 0 Å². The van der Waals surface area contributed by atoms with E-state index in [1.54, 1.807) is 19.1 Å². The normalized spacial score (nSPS) is 12.9. The van der Waals surface area contributed by atoms with Gasteiger partial charge in [0, 0.05) is 6.42 Å². The molecule has 0 amide bonds. The zero-order valence-corrected chi connectivity index (χ0v) is 9.77. The third-order valence-electron chi connectivity index (χ3n) is 2.39. The Morgan fingerprint density at radius 2 is 2.00 bits per heavy atom. The minimum absolute atomic E-state index is 0.270. The third-order valence-corrected chi connectivity index (χ3v) is 2.39. The summed E-state index contributed by atoms with van der Waals surface area (Å²) in [5.41, 5.74) is 1.66. The summed E-state index contributed by atoms with van der Waals surface area (Å²) in [5.74, 6) is 0.569. The van der Waals surface area contributed by atoms with Gasteiger partial charge in [-0.15, -0.1) is 0 Å². The van der Waals surface area contributed by atoms with Crippen molar-refractivity contribution in [2.75, 3.05) is 0 Å². The van der Waals surface area contributed by atoms with Gasteiger partial charge in [0.25, 0.3) is 0 Å². The lowest BCUT2D eigenvalue weighted by Crippen LogP contribution is -1.92. The molecular weight excluding hydrogens is 200 g/mol. The van der Waals surface area contributed by atoms with Crippen molar-refractivity contribution in [2.24, 2.45) is 0 Å². The molecule has 0 radical (unpaired) electrons. The molecule has 0 saturated carbocycles. The Kier molecular flexibility index (Phi) is 4.65. The van der Waals surface area contributed by atoms with Crippen molar-refractivity contribution in [1.29, 1.82) is 0 Å². The molecule has 1 aromatic carbocycles. The molecule has 86 valence electrons. The van der Waals surface area contributed by atoms with Crippen LogP contribution in [0.3, 0.4) is 0 Å². The van der Waals surface area contributed by atoms with Crippen molar-refractivity contribution < 1.29 is 10.2 Å². The molecule has 2 heteroatoms. The molecule has 1 aromatic rings. The van der Waals surface area contributed by atoms with Crippen LogP contribution < -0.4 is 0 Å². The Balaban J connectivity index is 2.90. The van der Waals surface area contributed by atoms with Crippen LogP contribution in [-0.4, -0.2) is 10.2 Å². The van der Waals surface area contributed by atoms with Gasteiger partial charge in [0.05, 0.1) is 5.76 Å². The van der Waals surface area contributed by atoms with Crippen molar-refractivity contribution in [2.45, 2.75) is 26.7 Å². The minimum Gasteiger partial charge on any atom is -0.512 e. The largest absolute Gasteiger partial charge is 0.512 e. The fourth-order valence-corrected chi connectivity index (χ4v) is 1.43. The highest BCUT2D eigenvalue weighted by Crippen LogP contribution is 2.21. The monoisotopic (exact) mass is 218 g/mol. The van der Waals surface area contributed by atoms with Gasteiger partial charge >= 0.3 is 0 Å². The third kappa shape index (κ3) is 3.46. The number of para-hydroxylation sites is 1. The Bertz CT molecular complexity index is 399. The van der Waals surface area contributed by atoms with Crippen molar-refractivity contribution >= 4 is 0 Å². The van der Waals surface area contributed by atoms with Crippen LogP contribution in [0.2, 0.25) is 0 Å². The Labute approximate surface area is 96.6 Å². The van der Waals surface area contributed by atoms with Crippen LogP contribution in [0.15, 0.2) is 47.7 Å². The lowest BCUT2D eigenvalue weighted by molar-refractivity contribution is 0.407. The molecule has 0 unspecified atom stereocenters. The lowest BCUT2D eigenvalue weighted by Gasteiger charge is -2.06. The second-order valence-corrected chi connectivity index (χ2v) is 3.73. The number of benzene rings is 1. The van der Waals surface area contributed by atoms with E-state index in [9.17, 15) is 10.2 Å². The average molecular weight is 218 g/mol. The molecule has 0 spiro atoms. The molecule has 0 fully saturated rings. The van der Waals surface area contributed by atoms with Crippen LogP contribution in [0.5, 0.6) is 5.75 Å². The van der Waals surface area contributed by atoms with Gasteiger partial charge in [-0.05, 0) is 30.5 Å². The second-order valence-electron chi connectivity index (χ2n) is 3.73. The van der Waals surface area contributed by atoms with Crippen LogP contribution in [0.4, 0.5) is 0 Å². The first-order valence-electron chi connectivity index (χ1n) is 5.47. The Hall–Kier alpha value is -1.70. The number of hydrogen-bond acceptors (Lipinski definition) is 2. The molecule has 0 aliphatic carbocycles. The van der Waals surface area contributed by atoms with Gasteiger partial charge in [0.15, 0.2) is 0 Å². The number of rotatable bonds is 4. The van der Waals surface area contributed by atoms with E-state index in [4.69, 9.17) is 0 Å². The molecule has 0 saturated heterocycles. The number of aliphatic hydroxyl groups is 1. The molecule has 0 aliphatic rings. The molecular formula is C14H18O2. The van der Waals surface area contributed by atoms with E-state index in [0.29, 0.717) is 12.2 Å². The number of aromatic hydroxyl groups is 1. The highest BCUT2D eigenvalue weighted by Gasteiger charge is 2.04. The first-order valence-corrected chi connectivity index (χ1v) is 5.47. The van der Waals surface area contributed by atoms with Gasteiger partial charge in [0.1, 0.15) is 5.75 Å². The van der Waals surface area contributed by atoms with Crippen LogP contribution in [0.1, 0.15) is 25.8 Å². The van der Waals surface area contributed by atoms with E-state index in [1.807, 2.05) is 31.2 Å². The van der Waals surface area contributed by atoms with Gasteiger partial charge < -0.3 is 10.2 Å². The predicted octanol–water partition coefficient (Wildman–Crippen LogP) is 3.73. The Morgan fingerprint density at radius 3 is 2.56 bits per heavy atom. The number of phenolic OH excluding ortho intramolecular Hbond substituents is 1. The molecule has 0 bridgehead atoms. The van der Waals surface area contributed by atoms with Crippen LogP contribution in [-0.2, 0) is 6.42 Å². The zero-order valence-electron chi connectivity index (χ0n) is 9.77. The summed E-state index contributed by atoms with van der Waals surface area (Å²) in [6.07, 6.45) is 5.37. The van der Waals surface area contributed by atoms with E-state index in [2.05, 4.69) is 0 Å². The van der Waals surface area contributed by atoms with Crippen LogP contribution in [0, 0.1) is 0 Å². The molecule has 16 heavy (non-hydrogen) atoms. The van der Waals surface area contributed by atoms with E-state index < -0.39 is 0 Å². The van der Waals surface area contributed by atoms with Crippen molar-refractivity contribution in [3.05, 3.63) is 53.3 Å².